The second kappa shape index (κ2) is 5.79. The number of hydrogen-bond donors (Lipinski definition) is 2. The number of carbonyl (C=O) groups is 1. The van der Waals surface area contributed by atoms with Gasteiger partial charge in [0.15, 0.2) is 0 Å². The van der Waals surface area contributed by atoms with Crippen LogP contribution in [0.25, 0.3) is 0 Å². The number of anilines is 1. The lowest BCUT2D eigenvalue weighted by atomic mass is 10.3. The zero-order valence-electron chi connectivity index (χ0n) is 7.79. The summed E-state index contributed by atoms with van der Waals surface area (Å²) in [4.78, 5) is 11.2. The van der Waals surface area contributed by atoms with Gasteiger partial charge in [-0.1, -0.05) is 24.1 Å². The van der Waals surface area contributed by atoms with Gasteiger partial charge in [0.1, 0.15) is 0 Å². The van der Waals surface area contributed by atoms with E-state index >= 15 is 0 Å². The number of terminal acetylenes is 1. The van der Waals surface area contributed by atoms with Crippen molar-refractivity contribution in [2.45, 2.75) is 0 Å². The first-order valence-corrected chi connectivity index (χ1v) is 4.32. The van der Waals surface area contributed by atoms with Gasteiger partial charge in [0.25, 0.3) is 0 Å². The molecular weight excluding hydrogens is 176 g/mol. The van der Waals surface area contributed by atoms with E-state index in [0.717, 1.165) is 5.69 Å². The van der Waals surface area contributed by atoms with Crippen molar-refractivity contribution in [2.75, 3.05) is 18.4 Å². The second-order valence-corrected chi connectivity index (χ2v) is 2.72. The van der Waals surface area contributed by atoms with Crippen LogP contribution in [0.4, 0.5) is 5.69 Å². The molecular formula is C11H12N2O. The van der Waals surface area contributed by atoms with Crippen molar-refractivity contribution in [3.8, 4) is 12.3 Å². The Morgan fingerprint density at radius 3 is 2.71 bits per heavy atom. The number of hydrogen-bond acceptors (Lipinski definition) is 2. The number of amides is 1. The summed E-state index contributed by atoms with van der Waals surface area (Å²) in [6, 6.07) is 9.29. The lowest BCUT2D eigenvalue weighted by Crippen LogP contribution is -2.28. The summed E-state index contributed by atoms with van der Waals surface area (Å²) in [5.41, 5.74) is 0.792. The minimum absolute atomic E-state index is 0.0912. The fraction of sp³-hybridized carbons (Fsp3) is 0.182. The fourth-order valence-corrected chi connectivity index (χ4v) is 0.975. The first kappa shape index (κ1) is 10.3. The largest absolute Gasteiger partial charge is 0.325 e. The SMILES string of the molecule is C#CCNCC(=O)Nc1ccccc1. The van der Waals surface area contributed by atoms with Gasteiger partial charge >= 0.3 is 0 Å². The Kier molecular flexibility index (Phi) is 4.25. The molecule has 0 aliphatic heterocycles. The highest BCUT2D eigenvalue weighted by molar-refractivity contribution is 5.92. The van der Waals surface area contributed by atoms with Gasteiger partial charge in [-0.3, -0.25) is 10.1 Å². The van der Waals surface area contributed by atoms with Crippen LogP contribution in [0, 0.1) is 12.3 Å². The summed E-state index contributed by atoms with van der Waals surface area (Å²) in [6.45, 7) is 0.640. The average molecular weight is 188 g/mol. The molecule has 0 aromatic heterocycles. The van der Waals surface area contributed by atoms with E-state index in [2.05, 4.69) is 16.6 Å². The van der Waals surface area contributed by atoms with Crippen LogP contribution < -0.4 is 10.6 Å². The predicted molar refractivity (Wildman–Crippen MR) is 56.8 cm³/mol. The highest BCUT2D eigenvalue weighted by Crippen LogP contribution is 2.03. The molecule has 0 saturated heterocycles. The van der Waals surface area contributed by atoms with Crippen molar-refractivity contribution >= 4 is 11.6 Å². The molecule has 0 fully saturated rings. The monoisotopic (exact) mass is 188 g/mol. The van der Waals surface area contributed by atoms with Crippen molar-refractivity contribution in [2.24, 2.45) is 0 Å². The Hall–Kier alpha value is -1.79. The van der Waals surface area contributed by atoms with Crippen LogP contribution in [0.2, 0.25) is 0 Å². The van der Waals surface area contributed by atoms with Crippen molar-refractivity contribution in [3.05, 3.63) is 30.3 Å². The Bertz CT molecular complexity index is 327. The highest BCUT2D eigenvalue weighted by Gasteiger charge is 1.99. The molecule has 0 saturated carbocycles. The number of nitrogens with one attached hydrogen (secondary N) is 2. The maximum Gasteiger partial charge on any atom is 0.238 e. The normalized spacial score (nSPS) is 9.07. The van der Waals surface area contributed by atoms with E-state index in [1.54, 1.807) is 0 Å². The number of rotatable bonds is 4. The number of carbonyl (C=O) groups excluding carboxylic acids is 1. The number of para-hydroxylation sites is 1. The zero-order valence-corrected chi connectivity index (χ0v) is 7.79. The minimum Gasteiger partial charge on any atom is -0.325 e. The van der Waals surface area contributed by atoms with Gasteiger partial charge in [-0.05, 0) is 12.1 Å². The molecule has 0 atom stereocenters. The lowest BCUT2D eigenvalue weighted by molar-refractivity contribution is -0.115. The quantitative estimate of drug-likeness (QED) is 0.543. The smallest absolute Gasteiger partial charge is 0.238 e. The van der Waals surface area contributed by atoms with E-state index in [-0.39, 0.29) is 12.5 Å². The molecule has 0 bridgehead atoms. The maximum atomic E-state index is 11.2. The molecule has 3 nitrogen and oxygen atoms in total. The van der Waals surface area contributed by atoms with E-state index in [0.29, 0.717) is 6.54 Å². The van der Waals surface area contributed by atoms with Crippen molar-refractivity contribution in [3.63, 3.8) is 0 Å². The average Bonchev–Trinajstić information content (AvgIpc) is 2.20. The Morgan fingerprint density at radius 2 is 2.07 bits per heavy atom. The van der Waals surface area contributed by atoms with E-state index in [9.17, 15) is 4.79 Å². The third kappa shape index (κ3) is 3.74. The van der Waals surface area contributed by atoms with E-state index in [4.69, 9.17) is 6.42 Å². The first-order chi connectivity index (χ1) is 6.83. The van der Waals surface area contributed by atoms with Crippen LogP contribution in [-0.4, -0.2) is 19.0 Å². The van der Waals surface area contributed by atoms with Gasteiger partial charge in [-0.2, -0.15) is 0 Å². The molecule has 72 valence electrons. The van der Waals surface area contributed by atoms with Gasteiger partial charge in [0.05, 0.1) is 13.1 Å². The summed E-state index contributed by atoms with van der Waals surface area (Å²) in [5, 5.41) is 5.54. The van der Waals surface area contributed by atoms with Gasteiger partial charge < -0.3 is 5.32 Å². The molecule has 0 spiro atoms. The van der Waals surface area contributed by atoms with Gasteiger partial charge in [-0.25, -0.2) is 0 Å². The predicted octanol–water partition coefficient (Wildman–Crippen LogP) is 0.848. The van der Waals surface area contributed by atoms with Crippen LogP contribution in [0.15, 0.2) is 30.3 Å². The maximum absolute atomic E-state index is 11.2. The van der Waals surface area contributed by atoms with Crippen LogP contribution >= 0.6 is 0 Å². The van der Waals surface area contributed by atoms with Crippen molar-refractivity contribution < 1.29 is 4.79 Å². The molecule has 2 N–H and O–H groups in total. The summed E-state index contributed by atoms with van der Waals surface area (Å²) in [7, 11) is 0. The molecule has 0 heterocycles. The van der Waals surface area contributed by atoms with Gasteiger partial charge in [0.2, 0.25) is 5.91 Å². The molecule has 1 aromatic carbocycles. The molecule has 0 unspecified atom stereocenters. The van der Waals surface area contributed by atoms with Crippen LogP contribution in [-0.2, 0) is 4.79 Å². The zero-order chi connectivity index (χ0) is 10.2. The van der Waals surface area contributed by atoms with Crippen LogP contribution in [0.5, 0.6) is 0 Å². The Labute approximate surface area is 83.5 Å². The summed E-state index contributed by atoms with van der Waals surface area (Å²) in [5.74, 6) is 2.30. The summed E-state index contributed by atoms with van der Waals surface area (Å²) in [6.07, 6.45) is 5.02. The third-order valence-corrected chi connectivity index (χ3v) is 1.57. The molecule has 14 heavy (non-hydrogen) atoms. The fourth-order valence-electron chi connectivity index (χ4n) is 0.975. The van der Waals surface area contributed by atoms with E-state index in [1.165, 1.54) is 0 Å². The van der Waals surface area contributed by atoms with E-state index in [1.807, 2.05) is 30.3 Å². The Morgan fingerprint density at radius 1 is 1.36 bits per heavy atom. The standard InChI is InChI=1S/C11H12N2O/c1-2-8-12-9-11(14)13-10-6-4-3-5-7-10/h1,3-7,12H,8-9H2,(H,13,14). The van der Waals surface area contributed by atoms with Gasteiger partial charge in [-0.15, -0.1) is 6.42 Å². The molecule has 1 rings (SSSR count). The third-order valence-electron chi connectivity index (χ3n) is 1.57. The number of benzene rings is 1. The van der Waals surface area contributed by atoms with Crippen molar-refractivity contribution in [1.29, 1.82) is 0 Å². The molecule has 0 aliphatic carbocycles. The first-order valence-electron chi connectivity index (χ1n) is 4.32. The molecule has 1 aromatic rings. The van der Waals surface area contributed by atoms with Crippen LogP contribution in [0.1, 0.15) is 0 Å². The molecule has 0 radical (unpaired) electrons. The molecule has 1 amide bonds. The Balaban J connectivity index is 2.32. The second-order valence-electron chi connectivity index (χ2n) is 2.72. The summed E-state index contributed by atoms with van der Waals surface area (Å²) >= 11 is 0. The van der Waals surface area contributed by atoms with Gasteiger partial charge in [0, 0.05) is 5.69 Å². The van der Waals surface area contributed by atoms with Crippen LogP contribution in [0.3, 0.4) is 0 Å². The highest BCUT2D eigenvalue weighted by atomic mass is 16.1. The van der Waals surface area contributed by atoms with Crippen molar-refractivity contribution in [1.82, 2.24) is 5.32 Å². The molecule has 0 aliphatic rings. The topological polar surface area (TPSA) is 41.1 Å². The summed E-state index contributed by atoms with van der Waals surface area (Å²) < 4.78 is 0. The minimum atomic E-state index is -0.0912. The molecule has 3 heteroatoms. The lowest BCUT2D eigenvalue weighted by Gasteiger charge is -2.04. The van der Waals surface area contributed by atoms with E-state index < -0.39 is 0 Å².